The molecule has 1 heterocycles. The topological polar surface area (TPSA) is 70.2 Å². The number of fused-ring (bicyclic) bond motifs is 3. The van der Waals surface area contributed by atoms with Gasteiger partial charge in [-0.1, -0.05) is 19.1 Å². The van der Waals surface area contributed by atoms with Gasteiger partial charge in [-0.3, -0.25) is 9.59 Å². The summed E-state index contributed by atoms with van der Waals surface area (Å²) in [6.07, 6.45) is 6.02. The van der Waals surface area contributed by atoms with Crippen molar-refractivity contribution in [1.82, 2.24) is 10.6 Å². The zero-order valence-corrected chi connectivity index (χ0v) is 14.6. The van der Waals surface area contributed by atoms with Gasteiger partial charge in [-0.05, 0) is 56.1 Å². The number of para-hydroxylation sites is 1. The van der Waals surface area contributed by atoms with Gasteiger partial charge in [0, 0.05) is 23.6 Å². The van der Waals surface area contributed by atoms with Crippen molar-refractivity contribution in [2.75, 3.05) is 5.32 Å². The zero-order valence-electron chi connectivity index (χ0n) is 14.6. The second-order valence-electron chi connectivity index (χ2n) is 8.73. The molecule has 0 unspecified atom stereocenters. The maximum absolute atomic E-state index is 12.8. The number of nitrogens with one attached hydrogen (secondary N) is 3. The highest BCUT2D eigenvalue weighted by molar-refractivity contribution is 6.02. The van der Waals surface area contributed by atoms with Crippen molar-refractivity contribution in [2.45, 2.75) is 57.2 Å². The van der Waals surface area contributed by atoms with Crippen LogP contribution >= 0.6 is 0 Å². The minimum absolute atomic E-state index is 0.00415. The van der Waals surface area contributed by atoms with Gasteiger partial charge in [0.05, 0.1) is 5.56 Å². The van der Waals surface area contributed by atoms with Gasteiger partial charge in [-0.2, -0.15) is 0 Å². The second-order valence-corrected chi connectivity index (χ2v) is 8.73. The molecule has 5 aliphatic rings. The fourth-order valence-electron chi connectivity index (χ4n) is 5.38. The summed E-state index contributed by atoms with van der Waals surface area (Å²) in [5.41, 5.74) is 1.15. The van der Waals surface area contributed by atoms with E-state index in [1.807, 2.05) is 24.3 Å². The van der Waals surface area contributed by atoms with Crippen LogP contribution in [-0.4, -0.2) is 23.5 Å². The van der Waals surface area contributed by atoms with Crippen LogP contribution in [0.3, 0.4) is 0 Å². The van der Waals surface area contributed by atoms with Gasteiger partial charge in [-0.25, -0.2) is 0 Å². The van der Waals surface area contributed by atoms with E-state index < -0.39 is 5.66 Å². The van der Waals surface area contributed by atoms with Gasteiger partial charge >= 0.3 is 0 Å². The first-order valence-electron chi connectivity index (χ1n) is 9.49. The Kier molecular flexibility index (Phi) is 3.04. The van der Waals surface area contributed by atoms with Crippen molar-refractivity contribution in [3.8, 4) is 0 Å². The van der Waals surface area contributed by atoms with E-state index in [2.05, 4.69) is 22.9 Å². The van der Waals surface area contributed by atoms with Crippen molar-refractivity contribution in [3.63, 3.8) is 0 Å². The summed E-state index contributed by atoms with van der Waals surface area (Å²) in [5.74, 6) is 0.589. The first-order chi connectivity index (χ1) is 12.0. The lowest BCUT2D eigenvalue weighted by Gasteiger charge is -2.60. The first kappa shape index (κ1) is 15.2. The summed E-state index contributed by atoms with van der Waals surface area (Å²) >= 11 is 0. The summed E-state index contributed by atoms with van der Waals surface area (Å²) in [6.45, 7) is 2.23. The van der Waals surface area contributed by atoms with E-state index in [-0.39, 0.29) is 23.1 Å². The number of hydrogen-bond acceptors (Lipinski definition) is 3. The van der Waals surface area contributed by atoms with Crippen LogP contribution in [-0.2, 0) is 4.79 Å². The molecule has 6 rings (SSSR count). The lowest BCUT2D eigenvalue weighted by molar-refractivity contribution is -0.139. The smallest absolute Gasteiger partial charge is 0.255 e. The van der Waals surface area contributed by atoms with E-state index in [9.17, 15) is 9.59 Å². The van der Waals surface area contributed by atoms with E-state index in [4.69, 9.17) is 0 Å². The Morgan fingerprint density at radius 2 is 2.00 bits per heavy atom. The molecule has 2 bridgehead atoms. The summed E-state index contributed by atoms with van der Waals surface area (Å²) in [6, 6.07) is 8.11. The molecule has 1 aromatic rings. The van der Waals surface area contributed by atoms with Crippen LogP contribution in [0, 0.1) is 17.3 Å². The molecule has 0 saturated heterocycles. The third kappa shape index (κ3) is 2.28. The lowest BCUT2D eigenvalue weighted by Crippen LogP contribution is -2.70. The Labute approximate surface area is 147 Å². The molecule has 25 heavy (non-hydrogen) atoms. The van der Waals surface area contributed by atoms with E-state index in [0.29, 0.717) is 17.5 Å². The minimum Gasteiger partial charge on any atom is -0.362 e. The molecule has 5 heteroatoms. The summed E-state index contributed by atoms with van der Waals surface area (Å²) < 4.78 is 0. The van der Waals surface area contributed by atoms with Crippen molar-refractivity contribution >= 4 is 17.5 Å². The number of benzene rings is 1. The van der Waals surface area contributed by atoms with E-state index in [1.165, 1.54) is 0 Å². The van der Waals surface area contributed by atoms with Gasteiger partial charge in [-0.15, -0.1) is 0 Å². The van der Waals surface area contributed by atoms with Gasteiger partial charge in [0.25, 0.3) is 5.91 Å². The van der Waals surface area contributed by atoms with Crippen LogP contribution in [0.2, 0.25) is 0 Å². The predicted octanol–water partition coefficient (Wildman–Crippen LogP) is 2.64. The molecule has 4 saturated carbocycles. The molecule has 132 valence electrons. The van der Waals surface area contributed by atoms with Crippen LogP contribution in [0.15, 0.2) is 24.3 Å². The van der Waals surface area contributed by atoms with Crippen molar-refractivity contribution in [1.29, 1.82) is 0 Å². The van der Waals surface area contributed by atoms with Gasteiger partial charge in [0.15, 0.2) is 0 Å². The zero-order chi connectivity index (χ0) is 17.2. The van der Waals surface area contributed by atoms with Crippen LogP contribution in [0.5, 0.6) is 0 Å². The highest BCUT2D eigenvalue weighted by Gasteiger charge is 2.60. The maximum atomic E-state index is 12.8. The average Bonchev–Trinajstić information content (AvgIpc) is 3.38. The third-order valence-corrected chi connectivity index (χ3v) is 6.91. The predicted molar refractivity (Wildman–Crippen MR) is 95.0 cm³/mol. The second kappa shape index (κ2) is 4.99. The third-order valence-electron chi connectivity index (χ3n) is 6.91. The Hall–Kier alpha value is -2.04. The number of anilines is 1. The summed E-state index contributed by atoms with van der Waals surface area (Å²) in [7, 11) is 0. The molecule has 5 nitrogen and oxygen atoms in total. The van der Waals surface area contributed by atoms with E-state index in [0.717, 1.165) is 44.2 Å². The molecule has 4 atom stereocenters. The van der Waals surface area contributed by atoms with Crippen LogP contribution < -0.4 is 16.0 Å². The Morgan fingerprint density at radius 3 is 2.76 bits per heavy atom. The van der Waals surface area contributed by atoms with Crippen LogP contribution in [0.4, 0.5) is 5.69 Å². The number of carbonyl (C=O) groups excluding carboxylic acids is 2. The molecule has 0 radical (unpaired) electrons. The van der Waals surface area contributed by atoms with Crippen molar-refractivity contribution in [2.24, 2.45) is 17.3 Å². The average molecular weight is 339 g/mol. The maximum Gasteiger partial charge on any atom is 0.255 e. The minimum atomic E-state index is -0.408. The summed E-state index contributed by atoms with van der Waals surface area (Å²) in [4.78, 5) is 25.4. The number of hydrogen-bond donors (Lipinski definition) is 3. The normalized spacial score (nSPS) is 38.7. The van der Waals surface area contributed by atoms with Gasteiger partial charge in [0.1, 0.15) is 5.66 Å². The standard InChI is InChI=1S/C20H25N3O2/c1-19-9-8-12(10-15(19)18(25)21-13-6-7-13)20(11-19)22-16-5-3-2-4-14(16)17(24)23-20/h2-5,12-13,15,22H,6-11H2,1H3,(H,21,25)(H,23,24)/t12-,15+,19+,20-/m0/s1. The molecular weight excluding hydrogens is 314 g/mol. The number of carbonyl (C=O) groups is 2. The molecule has 1 aliphatic heterocycles. The van der Waals surface area contributed by atoms with Crippen molar-refractivity contribution in [3.05, 3.63) is 29.8 Å². The van der Waals surface area contributed by atoms with Gasteiger partial charge < -0.3 is 16.0 Å². The molecule has 4 aliphatic carbocycles. The molecule has 2 amide bonds. The quantitative estimate of drug-likeness (QED) is 0.776. The highest BCUT2D eigenvalue weighted by Crippen LogP contribution is 2.58. The largest absolute Gasteiger partial charge is 0.362 e. The monoisotopic (exact) mass is 339 g/mol. The fraction of sp³-hybridized carbons (Fsp3) is 0.600. The Balaban J connectivity index is 1.44. The Bertz CT molecular complexity index is 759. The van der Waals surface area contributed by atoms with E-state index >= 15 is 0 Å². The molecule has 3 N–H and O–H groups in total. The van der Waals surface area contributed by atoms with Crippen LogP contribution in [0.1, 0.15) is 55.8 Å². The van der Waals surface area contributed by atoms with Crippen molar-refractivity contribution < 1.29 is 9.59 Å². The fourth-order valence-corrected chi connectivity index (χ4v) is 5.38. The molecule has 1 aromatic carbocycles. The Morgan fingerprint density at radius 1 is 1.20 bits per heavy atom. The van der Waals surface area contributed by atoms with Gasteiger partial charge in [0.2, 0.25) is 5.91 Å². The van der Waals surface area contributed by atoms with E-state index in [1.54, 1.807) is 0 Å². The first-order valence-corrected chi connectivity index (χ1v) is 9.49. The molecular formula is C20H25N3O2. The van der Waals surface area contributed by atoms with Crippen LogP contribution in [0.25, 0.3) is 0 Å². The molecule has 0 aromatic heterocycles. The molecule has 4 fully saturated rings. The highest BCUT2D eigenvalue weighted by atomic mass is 16.2. The number of amides is 2. The summed E-state index contributed by atoms with van der Waals surface area (Å²) in [5, 5.41) is 10.1. The SMILES string of the molecule is C[C@]12CC[C@@H](C[C@@H]1C(=O)NC1CC1)[C@]1(C2)NC(=O)c2ccccc2N1. The molecule has 1 spiro atoms. The number of rotatable bonds is 2. The lowest BCUT2D eigenvalue weighted by atomic mass is 9.51.